The molecule has 18 N–H and O–H groups in total. The molecule has 5 amide bonds. The molecule has 1 aromatic rings. The Bertz CT molecular complexity index is 1860. The van der Waals surface area contributed by atoms with Crippen LogP contribution >= 0.6 is 0 Å². The van der Waals surface area contributed by atoms with Gasteiger partial charge in [-0.05, 0) is 12.0 Å². The third-order valence-electron chi connectivity index (χ3n) is 13.1. The first kappa shape index (κ1) is 70.3. The van der Waals surface area contributed by atoms with Crippen LogP contribution in [0.4, 0.5) is 0 Å². The third-order valence-corrected chi connectivity index (χ3v) is 13.1. The Labute approximate surface area is 471 Å². The van der Waals surface area contributed by atoms with Crippen molar-refractivity contribution in [1.29, 1.82) is 0 Å². The molecule has 16 atom stereocenters. The van der Waals surface area contributed by atoms with Gasteiger partial charge in [0, 0.05) is 38.9 Å². The van der Waals surface area contributed by atoms with Crippen molar-refractivity contribution in [2.75, 3.05) is 112 Å². The summed E-state index contributed by atoms with van der Waals surface area (Å²) in [6, 6.07) is 7.90. The molecular weight excluding hydrogens is 1100 g/mol. The van der Waals surface area contributed by atoms with Crippen LogP contribution in [0.1, 0.15) is 31.2 Å². The van der Waals surface area contributed by atoms with Crippen LogP contribution in [0.2, 0.25) is 0 Å². The van der Waals surface area contributed by atoms with Crippen LogP contribution in [0.3, 0.4) is 0 Å². The first-order chi connectivity index (χ1) is 39.2. The van der Waals surface area contributed by atoms with Gasteiger partial charge in [-0.2, -0.15) is 0 Å². The van der Waals surface area contributed by atoms with Crippen LogP contribution in [-0.4, -0.2) is 301 Å². The second kappa shape index (κ2) is 37.3. The van der Waals surface area contributed by atoms with Gasteiger partial charge in [-0.25, -0.2) is 0 Å². The Morgan fingerprint density at radius 1 is 0.463 bits per heavy atom. The van der Waals surface area contributed by atoms with Gasteiger partial charge >= 0.3 is 0 Å². The van der Waals surface area contributed by atoms with Crippen molar-refractivity contribution in [3.05, 3.63) is 35.9 Å². The van der Waals surface area contributed by atoms with Gasteiger partial charge < -0.3 is 130 Å². The number of aliphatic hydroxyl groups is 12. The van der Waals surface area contributed by atoms with Crippen LogP contribution in [0.15, 0.2) is 30.3 Å². The average molecular weight is 1190 g/mol. The summed E-state index contributed by atoms with van der Waals surface area (Å²) in [5, 5.41) is 129. The molecule has 0 bridgehead atoms. The van der Waals surface area contributed by atoms with E-state index in [4.69, 9.17) is 53.1 Å². The molecule has 0 unspecified atom stereocenters. The zero-order valence-electron chi connectivity index (χ0n) is 45.2. The standard InChI is InChI=1S/C50H83N5O27/c51-29(20-28-4-2-1-3-5-28)46(72)55-36(62)9-16-76-27-50(24-73-13-6-33(59)52-10-17-77-47-43(69)40(66)37(63)30(21-56)80-47,25-74-14-7-34(60)53-11-18-78-48-44(70)41(67)38(64)31(22-57)81-48)26-75-15-8-35(61)54-12-19-79-49-45(71)42(68)39(65)32(23-58)82-49/h1-5,29-32,37-45,47-49,56-58,63-71H,6-27,51H2,(H,52,59)(H,53,60)(H,54,61)(H,55,62,72)/t29-,30+,31+,32+,37+,38+,39+,40-,41-,42-,43-,44-,45-,47-,48-,49-/m0/s1. The summed E-state index contributed by atoms with van der Waals surface area (Å²) in [6.07, 6.45) is -23.3. The summed E-state index contributed by atoms with van der Waals surface area (Å²) < 4.78 is 56.0. The normalized spacial score (nSPS) is 28.9. The number of nitrogens with one attached hydrogen (secondary N) is 4. The molecular formula is C50H83N5O27. The fourth-order valence-electron chi connectivity index (χ4n) is 8.29. The van der Waals surface area contributed by atoms with Gasteiger partial charge in [0.2, 0.25) is 29.5 Å². The van der Waals surface area contributed by atoms with Gasteiger partial charge in [-0.15, -0.1) is 0 Å². The molecule has 0 aromatic heterocycles. The topological polar surface area (TPSA) is 495 Å². The molecule has 3 heterocycles. The van der Waals surface area contributed by atoms with Crippen molar-refractivity contribution in [3.8, 4) is 0 Å². The van der Waals surface area contributed by atoms with E-state index in [2.05, 4.69) is 21.3 Å². The van der Waals surface area contributed by atoms with E-state index < -0.39 is 153 Å². The van der Waals surface area contributed by atoms with E-state index in [1.807, 2.05) is 0 Å². The molecule has 0 saturated carbocycles. The van der Waals surface area contributed by atoms with Crippen LogP contribution in [0.5, 0.6) is 0 Å². The van der Waals surface area contributed by atoms with Crippen molar-refractivity contribution in [2.45, 2.75) is 130 Å². The molecule has 4 rings (SSSR count). The molecule has 3 aliphatic heterocycles. The van der Waals surface area contributed by atoms with Gasteiger partial charge in [-0.1, -0.05) is 30.3 Å². The number of imide groups is 1. The molecule has 82 heavy (non-hydrogen) atoms. The largest absolute Gasteiger partial charge is 0.394 e. The fourth-order valence-corrected chi connectivity index (χ4v) is 8.29. The fraction of sp³-hybridized carbons (Fsp3) is 0.780. The molecule has 32 nitrogen and oxygen atoms in total. The maximum absolute atomic E-state index is 12.9. The zero-order valence-corrected chi connectivity index (χ0v) is 45.2. The lowest BCUT2D eigenvalue weighted by molar-refractivity contribution is -0.300. The summed E-state index contributed by atoms with van der Waals surface area (Å²) in [4.78, 5) is 64.1. The van der Waals surface area contributed by atoms with E-state index in [1.54, 1.807) is 30.3 Å². The molecule has 0 aliphatic carbocycles. The van der Waals surface area contributed by atoms with Gasteiger partial charge in [0.1, 0.15) is 73.2 Å². The lowest BCUT2D eigenvalue weighted by atomic mass is 9.92. The number of hydrogen-bond acceptors (Lipinski definition) is 28. The smallest absolute Gasteiger partial charge is 0.243 e. The highest BCUT2D eigenvalue weighted by atomic mass is 16.7. The van der Waals surface area contributed by atoms with E-state index in [0.29, 0.717) is 0 Å². The first-order valence-electron chi connectivity index (χ1n) is 26.7. The summed E-state index contributed by atoms with van der Waals surface area (Å²) in [6.45, 7) is -4.75. The monoisotopic (exact) mass is 1190 g/mol. The Balaban J connectivity index is 1.35. The van der Waals surface area contributed by atoms with Gasteiger partial charge in [0.15, 0.2) is 18.9 Å². The predicted molar refractivity (Wildman–Crippen MR) is 274 cm³/mol. The summed E-state index contributed by atoms with van der Waals surface area (Å²) in [5.74, 6) is -2.93. The molecule has 0 spiro atoms. The first-order valence-corrected chi connectivity index (χ1v) is 26.7. The number of aliphatic hydroxyl groups excluding tert-OH is 12. The van der Waals surface area contributed by atoms with E-state index in [-0.39, 0.29) is 124 Å². The van der Waals surface area contributed by atoms with E-state index in [9.17, 15) is 85.3 Å². The van der Waals surface area contributed by atoms with E-state index >= 15 is 0 Å². The molecule has 3 fully saturated rings. The Morgan fingerprint density at radius 2 is 0.780 bits per heavy atom. The molecule has 32 heteroatoms. The number of carbonyl (C=O) groups excluding carboxylic acids is 5. The van der Waals surface area contributed by atoms with Crippen LogP contribution in [0.25, 0.3) is 0 Å². The lowest BCUT2D eigenvalue weighted by Gasteiger charge is -2.39. The Kier molecular flexibility index (Phi) is 32.0. The van der Waals surface area contributed by atoms with Crippen molar-refractivity contribution in [3.63, 3.8) is 0 Å². The number of benzene rings is 1. The highest BCUT2D eigenvalue weighted by Crippen LogP contribution is 2.25. The van der Waals surface area contributed by atoms with Gasteiger partial charge in [-0.3, -0.25) is 29.3 Å². The van der Waals surface area contributed by atoms with Crippen molar-refractivity contribution in [2.24, 2.45) is 11.1 Å². The predicted octanol–water partition coefficient (Wildman–Crippen LogP) is -9.39. The van der Waals surface area contributed by atoms with Crippen molar-refractivity contribution in [1.82, 2.24) is 21.3 Å². The number of nitrogens with two attached hydrogens (primary N) is 1. The minimum atomic E-state index is -1.66. The second-order valence-electron chi connectivity index (χ2n) is 19.7. The zero-order chi connectivity index (χ0) is 60.2. The van der Waals surface area contributed by atoms with Crippen LogP contribution in [0, 0.1) is 5.41 Å². The molecule has 470 valence electrons. The van der Waals surface area contributed by atoms with Crippen LogP contribution < -0.4 is 27.0 Å². The average Bonchev–Trinajstić information content (AvgIpc) is 3.52. The number of hydrogen-bond donors (Lipinski definition) is 17. The summed E-state index contributed by atoms with van der Waals surface area (Å²) in [7, 11) is 0. The Morgan fingerprint density at radius 3 is 1.10 bits per heavy atom. The molecule has 3 saturated heterocycles. The van der Waals surface area contributed by atoms with Crippen molar-refractivity contribution < 1.29 is 133 Å². The highest BCUT2D eigenvalue weighted by molar-refractivity contribution is 5.97. The molecule has 0 radical (unpaired) electrons. The minimum absolute atomic E-state index is 0.0941. The number of rotatable bonds is 38. The maximum atomic E-state index is 12.9. The number of carbonyl (C=O) groups is 5. The lowest BCUT2D eigenvalue weighted by Crippen LogP contribution is -2.59. The summed E-state index contributed by atoms with van der Waals surface area (Å²) >= 11 is 0. The molecule has 3 aliphatic rings. The van der Waals surface area contributed by atoms with Crippen molar-refractivity contribution >= 4 is 29.5 Å². The van der Waals surface area contributed by atoms with Gasteiger partial charge in [0.25, 0.3) is 0 Å². The Hall–Kier alpha value is -4.15. The maximum Gasteiger partial charge on any atom is 0.243 e. The van der Waals surface area contributed by atoms with Crippen LogP contribution in [-0.2, 0) is 77.8 Å². The highest BCUT2D eigenvalue weighted by Gasteiger charge is 2.46. The third kappa shape index (κ3) is 23.4. The molecule has 1 aromatic carbocycles. The van der Waals surface area contributed by atoms with E-state index in [0.717, 1.165) is 5.56 Å². The number of amides is 5. The van der Waals surface area contributed by atoms with Gasteiger partial charge in [0.05, 0.1) is 110 Å². The SMILES string of the molecule is N[C@@H](Cc1ccccc1)C(=O)NC(=O)CCOCC(COCCC(=O)NCCO[C@H]1O[C@H](CO)[C@@H](O)[C@H](O)[C@@H]1O)(COCCC(=O)NCCO[C@H]1O[C@H](CO)[C@@H](O)[C@H](O)[C@@H]1O)COCCC(=O)NCCO[C@H]1O[C@H](CO)[C@@H](O)[C@H](O)[C@@H]1O. The quantitative estimate of drug-likeness (QED) is 0.0273. The number of ether oxygens (including phenoxy) is 10. The second-order valence-corrected chi connectivity index (χ2v) is 19.7. The minimum Gasteiger partial charge on any atom is -0.394 e. The van der Waals surface area contributed by atoms with E-state index in [1.165, 1.54) is 0 Å². The summed E-state index contributed by atoms with van der Waals surface area (Å²) in [5.41, 5.74) is 5.54.